The summed E-state index contributed by atoms with van der Waals surface area (Å²) in [7, 11) is 0. The molecule has 2 nitrogen and oxygen atoms in total. The van der Waals surface area contributed by atoms with E-state index in [1.165, 1.54) is 18.2 Å². The molecule has 4 N–H and O–H groups in total. The number of rotatable bonds is 3. The van der Waals surface area contributed by atoms with Crippen LogP contribution in [0.1, 0.15) is 12.0 Å². The summed E-state index contributed by atoms with van der Waals surface area (Å²) >= 11 is 0. The van der Waals surface area contributed by atoms with Gasteiger partial charge in [0.05, 0.1) is 0 Å². The van der Waals surface area contributed by atoms with E-state index >= 15 is 0 Å². The third-order valence-electron chi connectivity index (χ3n) is 1.77. The molecule has 0 aromatic heterocycles. The summed E-state index contributed by atoms with van der Waals surface area (Å²) in [5.41, 5.74) is 10.7. The van der Waals surface area contributed by atoms with E-state index in [4.69, 9.17) is 11.5 Å². The molecule has 1 rings (SSSR count). The van der Waals surface area contributed by atoms with Crippen molar-refractivity contribution >= 4 is 5.69 Å². The van der Waals surface area contributed by atoms with Crippen molar-refractivity contribution in [1.29, 1.82) is 0 Å². The quantitative estimate of drug-likeness (QED) is 0.706. The summed E-state index contributed by atoms with van der Waals surface area (Å²) in [5, 5.41) is 0. The van der Waals surface area contributed by atoms with Crippen LogP contribution in [0.5, 0.6) is 0 Å². The summed E-state index contributed by atoms with van der Waals surface area (Å²) < 4.78 is 26.4. The molecule has 1 aromatic rings. The van der Waals surface area contributed by atoms with Crippen molar-refractivity contribution < 1.29 is 8.78 Å². The molecule has 0 unspecified atom stereocenters. The first kappa shape index (κ1) is 9.92. The normalized spacial score (nSPS) is 11.6. The third kappa shape index (κ3) is 2.39. The summed E-state index contributed by atoms with van der Waals surface area (Å²) in [4.78, 5) is 0. The molecule has 72 valence electrons. The number of nitrogens with two attached hydrogens (primary N) is 2. The Kier molecular flexibility index (Phi) is 2.83. The second-order valence-electron chi connectivity index (χ2n) is 2.87. The summed E-state index contributed by atoms with van der Waals surface area (Å²) in [6.45, 7) is -0.0399. The predicted molar refractivity (Wildman–Crippen MR) is 48.4 cm³/mol. The molecule has 0 spiro atoms. The van der Waals surface area contributed by atoms with Gasteiger partial charge in [-0.05, 0) is 18.7 Å². The Hall–Kier alpha value is -1.16. The van der Waals surface area contributed by atoms with Crippen molar-refractivity contribution in [1.82, 2.24) is 0 Å². The number of alkyl halides is 2. The number of hydrogen-bond donors (Lipinski definition) is 2. The van der Waals surface area contributed by atoms with E-state index in [1.807, 2.05) is 0 Å². The maximum Gasteiger partial charge on any atom is 0.274 e. The molecule has 0 aliphatic heterocycles. The van der Waals surface area contributed by atoms with Crippen molar-refractivity contribution in [2.75, 3.05) is 12.3 Å². The Balaban J connectivity index is 2.93. The van der Waals surface area contributed by atoms with Gasteiger partial charge < -0.3 is 11.5 Å². The van der Waals surface area contributed by atoms with Crippen LogP contribution in [-0.4, -0.2) is 6.54 Å². The van der Waals surface area contributed by atoms with Crippen LogP contribution in [0.4, 0.5) is 14.5 Å². The van der Waals surface area contributed by atoms with Crippen LogP contribution in [0.2, 0.25) is 0 Å². The standard InChI is InChI=1S/C9H12F2N2/c10-9(11,4-5-12)7-2-1-3-8(13)6-7/h1-3,6H,4-5,12-13H2. The average Bonchev–Trinajstić information content (AvgIpc) is 2.04. The zero-order valence-electron chi connectivity index (χ0n) is 7.13. The molecule has 0 saturated carbocycles. The van der Waals surface area contributed by atoms with Crippen LogP contribution >= 0.6 is 0 Å². The lowest BCUT2D eigenvalue weighted by Crippen LogP contribution is -2.18. The Morgan fingerprint density at radius 1 is 1.31 bits per heavy atom. The first-order chi connectivity index (χ1) is 6.06. The molecule has 0 bridgehead atoms. The Bertz CT molecular complexity index is 287. The second-order valence-corrected chi connectivity index (χ2v) is 2.87. The summed E-state index contributed by atoms with van der Waals surface area (Å²) in [5.74, 6) is -2.87. The van der Waals surface area contributed by atoms with Gasteiger partial charge >= 0.3 is 0 Å². The van der Waals surface area contributed by atoms with Crippen molar-refractivity contribution in [3.63, 3.8) is 0 Å². The van der Waals surface area contributed by atoms with E-state index in [9.17, 15) is 8.78 Å². The molecular weight excluding hydrogens is 174 g/mol. The van der Waals surface area contributed by atoms with Gasteiger partial charge in [0, 0.05) is 17.7 Å². The van der Waals surface area contributed by atoms with Crippen LogP contribution < -0.4 is 11.5 Å². The van der Waals surface area contributed by atoms with E-state index in [2.05, 4.69) is 0 Å². The van der Waals surface area contributed by atoms with Crippen LogP contribution in [-0.2, 0) is 5.92 Å². The fourth-order valence-corrected chi connectivity index (χ4v) is 1.09. The molecule has 0 aliphatic carbocycles. The lowest BCUT2D eigenvalue weighted by molar-refractivity contribution is -0.0106. The van der Waals surface area contributed by atoms with Crippen LogP contribution in [0, 0.1) is 0 Å². The van der Waals surface area contributed by atoms with Crippen LogP contribution in [0.15, 0.2) is 24.3 Å². The maximum absolute atomic E-state index is 13.2. The van der Waals surface area contributed by atoms with Gasteiger partial charge in [0.1, 0.15) is 0 Å². The number of nitrogen functional groups attached to an aromatic ring is 1. The molecule has 0 amide bonds. The average molecular weight is 186 g/mol. The molecule has 0 fully saturated rings. The van der Waals surface area contributed by atoms with Gasteiger partial charge in [-0.15, -0.1) is 0 Å². The first-order valence-electron chi connectivity index (χ1n) is 4.00. The summed E-state index contributed by atoms with van der Waals surface area (Å²) in [6.07, 6.45) is -0.351. The van der Waals surface area contributed by atoms with Gasteiger partial charge in [0.25, 0.3) is 5.92 Å². The highest BCUT2D eigenvalue weighted by Gasteiger charge is 2.30. The molecule has 1 aromatic carbocycles. The maximum atomic E-state index is 13.2. The Morgan fingerprint density at radius 2 is 2.00 bits per heavy atom. The number of anilines is 1. The van der Waals surface area contributed by atoms with Gasteiger partial charge in [-0.25, -0.2) is 8.78 Å². The smallest absolute Gasteiger partial charge is 0.274 e. The Morgan fingerprint density at radius 3 is 2.54 bits per heavy atom. The highest BCUT2D eigenvalue weighted by atomic mass is 19.3. The zero-order chi connectivity index (χ0) is 9.90. The Labute approximate surface area is 75.5 Å². The SMILES string of the molecule is NCCC(F)(F)c1cccc(N)c1. The van der Waals surface area contributed by atoms with E-state index in [0.29, 0.717) is 5.69 Å². The fraction of sp³-hybridized carbons (Fsp3) is 0.333. The largest absolute Gasteiger partial charge is 0.399 e. The topological polar surface area (TPSA) is 52.0 Å². The van der Waals surface area contributed by atoms with Crippen molar-refractivity contribution in [2.45, 2.75) is 12.3 Å². The molecule has 0 radical (unpaired) electrons. The zero-order valence-corrected chi connectivity index (χ0v) is 7.13. The monoisotopic (exact) mass is 186 g/mol. The van der Waals surface area contributed by atoms with Gasteiger partial charge in [-0.3, -0.25) is 0 Å². The number of hydrogen-bond acceptors (Lipinski definition) is 2. The van der Waals surface area contributed by atoms with Gasteiger partial charge in [0.2, 0.25) is 0 Å². The molecule has 0 aliphatic rings. The molecule has 0 atom stereocenters. The first-order valence-corrected chi connectivity index (χ1v) is 4.00. The van der Waals surface area contributed by atoms with Crippen LogP contribution in [0.25, 0.3) is 0 Å². The van der Waals surface area contributed by atoms with Gasteiger partial charge in [0.15, 0.2) is 0 Å². The van der Waals surface area contributed by atoms with Crippen molar-refractivity contribution in [3.05, 3.63) is 29.8 Å². The highest BCUT2D eigenvalue weighted by Crippen LogP contribution is 2.31. The molecular formula is C9H12F2N2. The van der Waals surface area contributed by atoms with E-state index < -0.39 is 5.92 Å². The lowest BCUT2D eigenvalue weighted by atomic mass is 10.1. The summed E-state index contributed by atoms with van der Waals surface area (Å²) in [6, 6.07) is 5.71. The number of benzene rings is 1. The van der Waals surface area contributed by atoms with Crippen LogP contribution in [0.3, 0.4) is 0 Å². The second kappa shape index (κ2) is 3.70. The minimum absolute atomic E-state index is 0.0399. The highest BCUT2D eigenvalue weighted by molar-refractivity contribution is 5.42. The molecule has 0 heterocycles. The van der Waals surface area contributed by atoms with Crippen molar-refractivity contribution in [2.24, 2.45) is 5.73 Å². The fourth-order valence-electron chi connectivity index (χ4n) is 1.09. The minimum atomic E-state index is -2.87. The van der Waals surface area contributed by atoms with E-state index in [0.717, 1.165) is 0 Å². The minimum Gasteiger partial charge on any atom is -0.399 e. The lowest BCUT2D eigenvalue weighted by Gasteiger charge is -2.15. The van der Waals surface area contributed by atoms with Gasteiger partial charge in [-0.2, -0.15) is 0 Å². The predicted octanol–water partition coefficient (Wildman–Crippen LogP) is 1.71. The molecule has 4 heteroatoms. The molecule has 0 saturated heterocycles. The number of halogens is 2. The van der Waals surface area contributed by atoms with Gasteiger partial charge in [-0.1, -0.05) is 12.1 Å². The van der Waals surface area contributed by atoms with E-state index in [-0.39, 0.29) is 18.5 Å². The molecule has 13 heavy (non-hydrogen) atoms. The third-order valence-corrected chi connectivity index (χ3v) is 1.77. The van der Waals surface area contributed by atoms with Crippen molar-refractivity contribution in [3.8, 4) is 0 Å². The van der Waals surface area contributed by atoms with E-state index in [1.54, 1.807) is 6.07 Å².